The lowest BCUT2D eigenvalue weighted by Crippen LogP contribution is -2.19. The molecule has 0 atom stereocenters. The molecular weight excluding hydrogens is 172 g/mol. The van der Waals surface area contributed by atoms with Gasteiger partial charge in [0, 0.05) is 0 Å². The van der Waals surface area contributed by atoms with E-state index in [1.165, 1.54) is 6.08 Å². The van der Waals surface area contributed by atoms with Crippen molar-refractivity contribution in [3.8, 4) is 0 Å². The first-order valence-electron chi connectivity index (χ1n) is 3.79. The molecule has 0 aliphatic carbocycles. The second-order valence-corrected chi connectivity index (χ2v) is 2.06. The van der Waals surface area contributed by atoms with Gasteiger partial charge in [-0.2, -0.15) is 4.99 Å². The summed E-state index contributed by atoms with van der Waals surface area (Å²) in [5.41, 5.74) is 4.70. The Morgan fingerprint density at radius 1 is 1.54 bits per heavy atom. The van der Waals surface area contributed by atoms with E-state index in [4.69, 9.17) is 5.73 Å². The number of ether oxygens (including phenoxy) is 1. The van der Waals surface area contributed by atoms with Crippen molar-refractivity contribution in [3.05, 3.63) is 12.2 Å². The lowest BCUT2D eigenvalue weighted by Gasteiger charge is -1.99. The lowest BCUT2D eigenvalue weighted by molar-refractivity contribution is -0.134. The highest BCUT2D eigenvalue weighted by Gasteiger charge is 2.09. The molecule has 0 radical (unpaired) electrons. The smallest absolute Gasteiger partial charge is 0.357 e. The maximum absolute atomic E-state index is 11.1. The van der Waals surface area contributed by atoms with Crippen molar-refractivity contribution < 1.29 is 14.3 Å². The number of nitrogens with zero attached hydrogens (tertiary/aromatic N) is 1. The summed E-state index contributed by atoms with van der Waals surface area (Å²) in [6.07, 6.45) is 2.93. The van der Waals surface area contributed by atoms with Gasteiger partial charge < -0.3 is 10.5 Å². The van der Waals surface area contributed by atoms with Gasteiger partial charge in [-0.25, -0.2) is 9.59 Å². The van der Waals surface area contributed by atoms with Crippen molar-refractivity contribution >= 4 is 17.7 Å². The van der Waals surface area contributed by atoms with Crippen LogP contribution in [0.2, 0.25) is 0 Å². The summed E-state index contributed by atoms with van der Waals surface area (Å²) in [6, 6.07) is -0.916. The van der Waals surface area contributed by atoms with Crippen LogP contribution in [0, 0.1) is 0 Å². The van der Waals surface area contributed by atoms with E-state index in [1.54, 1.807) is 19.9 Å². The average Bonchev–Trinajstić information content (AvgIpc) is 2.03. The number of aliphatic imine (C=N–C) groups is 1. The predicted molar refractivity (Wildman–Crippen MR) is 48.5 cm³/mol. The van der Waals surface area contributed by atoms with E-state index >= 15 is 0 Å². The highest BCUT2D eigenvalue weighted by Crippen LogP contribution is 1.89. The van der Waals surface area contributed by atoms with E-state index < -0.39 is 12.0 Å². The average molecular weight is 184 g/mol. The number of nitrogens with two attached hydrogens (primary N) is 1. The van der Waals surface area contributed by atoms with Crippen LogP contribution < -0.4 is 5.73 Å². The molecule has 0 aromatic heterocycles. The molecule has 0 aromatic carbocycles. The van der Waals surface area contributed by atoms with E-state index in [0.717, 1.165) is 0 Å². The van der Waals surface area contributed by atoms with E-state index in [-0.39, 0.29) is 12.3 Å². The molecule has 0 spiro atoms. The lowest BCUT2D eigenvalue weighted by atomic mass is 10.3. The molecule has 2 amide bonds. The molecule has 0 aromatic rings. The Morgan fingerprint density at radius 2 is 2.15 bits per heavy atom. The molecule has 2 N–H and O–H groups in total. The third kappa shape index (κ3) is 4.73. The predicted octanol–water partition coefficient (Wildman–Crippen LogP) is 0.645. The number of allylic oxidation sites excluding steroid dienone is 1. The largest absolute Gasteiger partial charge is 0.461 e. The van der Waals surface area contributed by atoms with Crippen LogP contribution in [0.5, 0.6) is 0 Å². The number of primary amides is 1. The number of amides is 2. The topological polar surface area (TPSA) is 81.8 Å². The SMILES string of the molecule is CC=CC(=NC(N)=O)C(=O)OCC. The molecule has 0 bridgehead atoms. The number of urea groups is 1. The van der Waals surface area contributed by atoms with E-state index in [9.17, 15) is 9.59 Å². The van der Waals surface area contributed by atoms with Crippen LogP contribution in [0.25, 0.3) is 0 Å². The molecule has 0 saturated heterocycles. The van der Waals surface area contributed by atoms with Crippen molar-refractivity contribution in [3.63, 3.8) is 0 Å². The second kappa shape index (κ2) is 5.93. The summed E-state index contributed by atoms with van der Waals surface area (Å²) in [6.45, 7) is 3.58. The summed E-state index contributed by atoms with van der Waals surface area (Å²) in [7, 11) is 0. The van der Waals surface area contributed by atoms with E-state index in [1.807, 2.05) is 0 Å². The second-order valence-electron chi connectivity index (χ2n) is 2.06. The van der Waals surface area contributed by atoms with Crippen LogP contribution in [-0.2, 0) is 9.53 Å². The fourth-order valence-electron chi connectivity index (χ4n) is 0.633. The monoisotopic (exact) mass is 184 g/mol. The van der Waals surface area contributed by atoms with Gasteiger partial charge in [-0.3, -0.25) is 0 Å². The van der Waals surface area contributed by atoms with Gasteiger partial charge in [0.15, 0.2) is 5.71 Å². The number of hydrogen-bond donors (Lipinski definition) is 1. The first kappa shape index (κ1) is 11.4. The van der Waals surface area contributed by atoms with Gasteiger partial charge in [0.05, 0.1) is 6.61 Å². The van der Waals surface area contributed by atoms with Gasteiger partial charge in [-0.15, -0.1) is 0 Å². The summed E-state index contributed by atoms with van der Waals surface area (Å²) in [4.78, 5) is 24.7. The molecule has 13 heavy (non-hydrogen) atoms. The summed E-state index contributed by atoms with van der Waals surface area (Å²) in [5, 5.41) is 0. The van der Waals surface area contributed by atoms with E-state index in [0.29, 0.717) is 0 Å². The third-order valence-corrected chi connectivity index (χ3v) is 1.04. The molecule has 0 fully saturated rings. The quantitative estimate of drug-likeness (QED) is 0.516. The summed E-state index contributed by atoms with van der Waals surface area (Å²) < 4.78 is 4.63. The van der Waals surface area contributed by atoms with Gasteiger partial charge in [-0.05, 0) is 19.9 Å². The van der Waals surface area contributed by atoms with Gasteiger partial charge in [0.1, 0.15) is 0 Å². The van der Waals surface area contributed by atoms with Gasteiger partial charge >= 0.3 is 12.0 Å². The zero-order chi connectivity index (χ0) is 10.3. The molecular formula is C8H12N2O3. The van der Waals surface area contributed by atoms with Crippen LogP contribution in [-0.4, -0.2) is 24.3 Å². The number of hydrogen-bond acceptors (Lipinski definition) is 3. The Labute approximate surface area is 76.3 Å². The summed E-state index contributed by atoms with van der Waals surface area (Å²) >= 11 is 0. The molecule has 72 valence electrons. The Hall–Kier alpha value is -1.65. The molecule has 5 nitrogen and oxygen atoms in total. The van der Waals surface area contributed by atoms with Crippen LogP contribution in [0.1, 0.15) is 13.8 Å². The minimum absolute atomic E-state index is 0.0862. The molecule has 0 aliphatic heterocycles. The Balaban J connectivity index is 4.60. The standard InChI is InChI=1S/C8H12N2O3/c1-3-5-6(10-8(9)12)7(11)13-4-2/h3,5H,4H2,1-2H3,(H2,9,12). The van der Waals surface area contributed by atoms with Crippen LogP contribution in [0.15, 0.2) is 17.1 Å². The maximum Gasteiger partial charge on any atom is 0.357 e. The minimum atomic E-state index is -0.916. The normalized spacial score (nSPS) is 11.7. The summed E-state index contributed by atoms with van der Waals surface area (Å²) in [5.74, 6) is -0.653. The molecule has 0 rings (SSSR count). The van der Waals surface area contributed by atoms with Gasteiger partial charge in [-0.1, -0.05) is 6.08 Å². The highest BCUT2D eigenvalue weighted by molar-refractivity contribution is 6.42. The number of carbonyl (C=O) groups is 2. The maximum atomic E-state index is 11.1. The van der Waals surface area contributed by atoms with Crippen LogP contribution in [0.4, 0.5) is 4.79 Å². The first-order chi connectivity index (χ1) is 6.11. The minimum Gasteiger partial charge on any atom is -0.461 e. The molecule has 5 heteroatoms. The zero-order valence-corrected chi connectivity index (χ0v) is 7.61. The van der Waals surface area contributed by atoms with Crippen molar-refractivity contribution in [2.75, 3.05) is 6.61 Å². The van der Waals surface area contributed by atoms with Crippen molar-refractivity contribution in [2.24, 2.45) is 10.7 Å². The molecule has 0 unspecified atom stereocenters. The number of rotatable bonds is 3. The van der Waals surface area contributed by atoms with Crippen molar-refractivity contribution in [1.82, 2.24) is 0 Å². The Morgan fingerprint density at radius 3 is 2.54 bits per heavy atom. The Bertz CT molecular complexity index is 256. The highest BCUT2D eigenvalue weighted by atomic mass is 16.5. The van der Waals surface area contributed by atoms with Crippen LogP contribution >= 0.6 is 0 Å². The fraction of sp³-hybridized carbons (Fsp3) is 0.375. The van der Waals surface area contributed by atoms with Crippen LogP contribution in [0.3, 0.4) is 0 Å². The molecule has 0 heterocycles. The number of carbonyl (C=O) groups excluding carboxylic acids is 2. The first-order valence-corrected chi connectivity index (χ1v) is 3.79. The zero-order valence-electron chi connectivity index (χ0n) is 7.61. The molecule has 0 saturated carbocycles. The van der Waals surface area contributed by atoms with Gasteiger partial charge in [0.2, 0.25) is 0 Å². The van der Waals surface area contributed by atoms with E-state index in [2.05, 4.69) is 9.73 Å². The van der Waals surface area contributed by atoms with Crippen molar-refractivity contribution in [1.29, 1.82) is 0 Å². The van der Waals surface area contributed by atoms with Gasteiger partial charge in [0.25, 0.3) is 0 Å². The fourth-order valence-corrected chi connectivity index (χ4v) is 0.633. The van der Waals surface area contributed by atoms with Crippen molar-refractivity contribution in [2.45, 2.75) is 13.8 Å². The molecule has 0 aliphatic rings. The third-order valence-electron chi connectivity index (χ3n) is 1.04. The number of esters is 1. The Kier molecular flexibility index (Phi) is 5.18.